The van der Waals surface area contributed by atoms with Crippen molar-refractivity contribution in [2.45, 2.75) is 13.3 Å². The van der Waals surface area contributed by atoms with Crippen molar-refractivity contribution < 1.29 is 9.53 Å². The van der Waals surface area contributed by atoms with Gasteiger partial charge in [0.1, 0.15) is 6.73 Å². The second-order valence-corrected chi connectivity index (χ2v) is 3.64. The number of fused-ring (bicyclic) bond motifs is 1. The molecule has 1 unspecified atom stereocenters. The predicted octanol–water partition coefficient (Wildman–Crippen LogP) is 2.33. The highest BCUT2D eigenvalue weighted by Crippen LogP contribution is 2.32. The van der Waals surface area contributed by atoms with E-state index < -0.39 is 0 Å². The molecule has 0 heterocycles. The molecule has 2 N–H and O–H groups in total. The van der Waals surface area contributed by atoms with Crippen molar-refractivity contribution in [1.29, 1.82) is 0 Å². The van der Waals surface area contributed by atoms with Crippen molar-refractivity contribution in [2.75, 3.05) is 6.73 Å². The first kappa shape index (κ1) is 12.5. The summed E-state index contributed by atoms with van der Waals surface area (Å²) in [6.07, 6.45) is 2.32. The minimum Gasteiger partial charge on any atom is -0.450 e. The van der Waals surface area contributed by atoms with Crippen LogP contribution in [0.15, 0.2) is 36.9 Å². The zero-order valence-electron chi connectivity index (χ0n) is 9.48. The number of esters is 1. The predicted molar refractivity (Wildman–Crippen MR) is 64.6 cm³/mol. The average Bonchev–Trinajstić information content (AvgIpc) is 2.87. The van der Waals surface area contributed by atoms with E-state index in [-0.39, 0.29) is 18.6 Å². The Morgan fingerprint density at radius 1 is 1.56 bits per heavy atom. The molecule has 2 aliphatic carbocycles. The van der Waals surface area contributed by atoms with Gasteiger partial charge in [-0.05, 0) is 23.6 Å². The molecule has 16 heavy (non-hydrogen) atoms. The van der Waals surface area contributed by atoms with Crippen molar-refractivity contribution in [1.82, 2.24) is 0 Å². The summed E-state index contributed by atoms with van der Waals surface area (Å²) in [7, 11) is 0. The van der Waals surface area contributed by atoms with Gasteiger partial charge in [0.05, 0.1) is 5.92 Å². The van der Waals surface area contributed by atoms with Crippen molar-refractivity contribution in [3.05, 3.63) is 36.9 Å². The van der Waals surface area contributed by atoms with Gasteiger partial charge in [0, 0.05) is 0 Å². The summed E-state index contributed by atoms with van der Waals surface area (Å²) in [5, 5.41) is 0. The van der Waals surface area contributed by atoms with Gasteiger partial charge in [-0.1, -0.05) is 31.2 Å². The Bertz CT molecular complexity index is 357. The summed E-state index contributed by atoms with van der Waals surface area (Å²) in [6, 6.07) is 8.48. The Labute approximate surface area is 95.9 Å². The van der Waals surface area contributed by atoms with Gasteiger partial charge in [-0.3, -0.25) is 10.5 Å². The number of nitrogens with two attached hydrogens (primary N) is 1. The Balaban J connectivity index is 0.000000176. The van der Waals surface area contributed by atoms with Crippen LogP contribution in [0, 0.1) is 5.92 Å². The Hall–Kier alpha value is -1.61. The third kappa shape index (κ3) is 3.87. The SMILES string of the molecule is C=CCC(C)C(=O)OCN.c1cc2cc-2c1. The van der Waals surface area contributed by atoms with E-state index in [9.17, 15) is 4.79 Å². The molecule has 0 saturated heterocycles. The van der Waals surface area contributed by atoms with Crippen molar-refractivity contribution in [2.24, 2.45) is 11.7 Å². The maximum absolute atomic E-state index is 10.8. The Morgan fingerprint density at radius 2 is 2.19 bits per heavy atom. The molecule has 0 aromatic heterocycles. The van der Waals surface area contributed by atoms with Crippen LogP contribution in [0.4, 0.5) is 0 Å². The molecule has 0 aliphatic heterocycles. The van der Waals surface area contributed by atoms with Crippen molar-refractivity contribution >= 4 is 5.97 Å². The monoisotopic (exact) mass is 219 g/mol. The maximum atomic E-state index is 10.8. The summed E-state index contributed by atoms with van der Waals surface area (Å²) < 4.78 is 4.55. The van der Waals surface area contributed by atoms with Crippen LogP contribution in [0.2, 0.25) is 0 Å². The topological polar surface area (TPSA) is 52.3 Å². The van der Waals surface area contributed by atoms with Gasteiger partial charge in [0.25, 0.3) is 0 Å². The molecule has 1 atom stereocenters. The summed E-state index contributed by atoms with van der Waals surface area (Å²) in [5.74, 6) is -0.386. The van der Waals surface area contributed by atoms with E-state index in [1.54, 1.807) is 13.0 Å². The van der Waals surface area contributed by atoms with Crippen LogP contribution in [-0.2, 0) is 9.53 Å². The lowest BCUT2D eigenvalue weighted by Gasteiger charge is -2.06. The molecular formula is C13H17NO2. The fourth-order valence-corrected chi connectivity index (χ4v) is 1.25. The highest BCUT2D eigenvalue weighted by molar-refractivity contribution is 5.80. The van der Waals surface area contributed by atoms with E-state index >= 15 is 0 Å². The van der Waals surface area contributed by atoms with E-state index in [1.807, 2.05) is 0 Å². The zero-order valence-corrected chi connectivity index (χ0v) is 9.48. The molecule has 0 bridgehead atoms. The fourth-order valence-electron chi connectivity index (χ4n) is 1.25. The maximum Gasteiger partial charge on any atom is 0.310 e. The fraction of sp³-hybridized carbons (Fsp3) is 0.308. The van der Waals surface area contributed by atoms with Crippen LogP contribution in [0.25, 0.3) is 11.1 Å². The second kappa shape index (κ2) is 6.08. The molecular weight excluding hydrogens is 202 g/mol. The second-order valence-electron chi connectivity index (χ2n) is 3.64. The first-order valence-electron chi connectivity index (χ1n) is 5.27. The third-order valence-corrected chi connectivity index (χ3v) is 2.26. The lowest BCUT2D eigenvalue weighted by Crippen LogP contribution is -2.18. The standard InChI is InChI=1S/C7H13NO2.C6H4/c1-3-4-6(2)7(9)10-5-8;1-2-5-4-6(5)3-1/h3,6H,1,4-5,8H2,2H3;1-4H. The lowest BCUT2D eigenvalue weighted by atomic mass is 10.1. The van der Waals surface area contributed by atoms with Gasteiger partial charge in [0.2, 0.25) is 0 Å². The quantitative estimate of drug-likeness (QED) is 0.488. The Morgan fingerprint density at radius 3 is 2.50 bits per heavy atom. The van der Waals surface area contributed by atoms with E-state index in [1.165, 1.54) is 11.1 Å². The van der Waals surface area contributed by atoms with Gasteiger partial charge in [0.15, 0.2) is 0 Å². The van der Waals surface area contributed by atoms with Gasteiger partial charge >= 0.3 is 5.97 Å². The highest BCUT2D eigenvalue weighted by Gasteiger charge is 2.10. The summed E-state index contributed by atoms with van der Waals surface area (Å²) >= 11 is 0. The first-order valence-corrected chi connectivity index (χ1v) is 5.27. The zero-order chi connectivity index (χ0) is 12.0. The van der Waals surface area contributed by atoms with Gasteiger partial charge in [-0.2, -0.15) is 0 Å². The molecule has 0 aromatic carbocycles. The summed E-state index contributed by atoms with van der Waals surface area (Å²) in [4.78, 5) is 10.8. The van der Waals surface area contributed by atoms with Crippen molar-refractivity contribution in [3.8, 4) is 11.1 Å². The van der Waals surface area contributed by atoms with E-state index in [0.29, 0.717) is 6.42 Å². The van der Waals surface area contributed by atoms with Crippen LogP contribution in [0.5, 0.6) is 0 Å². The number of carbonyl (C=O) groups is 1. The normalized spacial score (nSPS) is 11.9. The van der Waals surface area contributed by atoms with Crippen LogP contribution >= 0.6 is 0 Å². The van der Waals surface area contributed by atoms with Crippen molar-refractivity contribution in [3.63, 3.8) is 0 Å². The molecule has 2 rings (SSSR count). The molecule has 0 spiro atoms. The van der Waals surface area contributed by atoms with Gasteiger partial charge in [-0.15, -0.1) is 6.58 Å². The molecule has 0 aromatic rings. The Kier molecular flexibility index (Phi) is 4.73. The molecule has 3 heteroatoms. The number of carbonyl (C=O) groups excluding carboxylic acids is 1. The summed E-state index contributed by atoms with van der Waals surface area (Å²) in [5.41, 5.74) is 7.85. The van der Waals surface area contributed by atoms with E-state index in [0.717, 1.165) is 0 Å². The van der Waals surface area contributed by atoms with Crippen LogP contribution in [0.3, 0.4) is 0 Å². The number of rotatable bonds is 4. The largest absolute Gasteiger partial charge is 0.450 e. The average molecular weight is 219 g/mol. The number of allylic oxidation sites excluding steroid dienone is 1. The molecule has 3 nitrogen and oxygen atoms in total. The molecule has 86 valence electrons. The smallest absolute Gasteiger partial charge is 0.310 e. The number of hydrogen-bond donors (Lipinski definition) is 1. The lowest BCUT2D eigenvalue weighted by molar-refractivity contribution is -0.147. The molecule has 2 aliphatic rings. The molecule has 0 saturated carbocycles. The molecule has 0 amide bonds. The molecule has 0 fully saturated rings. The highest BCUT2D eigenvalue weighted by atomic mass is 16.5. The third-order valence-electron chi connectivity index (χ3n) is 2.26. The molecule has 0 radical (unpaired) electrons. The number of ether oxygens (including phenoxy) is 1. The number of benzene rings is 1. The van der Waals surface area contributed by atoms with E-state index in [2.05, 4.69) is 35.6 Å². The van der Waals surface area contributed by atoms with Crippen LogP contribution < -0.4 is 5.73 Å². The minimum absolute atomic E-state index is 0.0414. The van der Waals surface area contributed by atoms with Gasteiger partial charge < -0.3 is 4.74 Å². The van der Waals surface area contributed by atoms with Crippen LogP contribution in [-0.4, -0.2) is 12.7 Å². The first-order chi connectivity index (χ1) is 7.69. The summed E-state index contributed by atoms with van der Waals surface area (Å²) in [6.45, 7) is 5.24. The minimum atomic E-state index is -0.262. The van der Waals surface area contributed by atoms with E-state index in [4.69, 9.17) is 5.73 Å². The number of hydrogen-bond acceptors (Lipinski definition) is 3. The van der Waals surface area contributed by atoms with Gasteiger partial charge in [-0.25, -0.2) is 0 Å². The van der Waals surface area contributed by atoms with Crippen LogP contribution in [0.1, 0.15) is 13.3 Å².